The fourth-order valence-corrected chi connectivity index (χ4v) is 3.10. The Morgan fingerprint density at radius 1 is 1.23 bits per heavy atom. The van der Waals surface area contributed by atoms with Crippen LogP contribution in [-0.2, 0) is 13.0 Å². The summed E-state index contributed by atoms with van der Waals surface area (Å²) < 4.78 is 0. The molecule has 118 valence electrons. The fraction of sp³-hybridized carbons (Fsp3) is 0.588. The zero-order valence-corrected chi connectivity index (χ0v) is 13.3. The van der Waals surface area contributed by atoms with E-state index >= 15 is 0 Å². The predicted octanol–water partition coefficient (Wildman–Crippen LogP) is 2.35. The van der Waals surface area contributed by atoms with Gasteiger partial charge in [0.05, 0.1) is 6.54 Å². The Morgan fingerprint density at radius 2 is 2.14 bits per heavy atom. The molecule has 0 amide bonds. The van der Waals surface area contributed by atoms with Crippen LogP contribution in [0.2, 0.25) is 0 Å². The second kappa shape index (κ2) is 7.49. The lowest BCUT2D eigenvalue weighted by Gasteiger charge is -2.12. The first kappa shape index (κ1) is 15.2. The number of hydrogen-bond acceptors (Lipinski definition) is 4. The fourth-order valence-electron chi connectivity index (χ4n) is 3.10. The molecule has 3 rings (SSSR count). The summed E-state index contributed by atoms with van der Waals surface area (Å²) in [5, 5.41) is 16.4. The zero-order valence-electron chi connectivity index (χ0n) is 13.3. The van der Waals surface area contributed by atoms with Gasteiger partial charge in [-0.3, -0.25) is 0 Å². The van der Waals surface area contributed by atoms with Crippen molar-refractivity contribution < 1.29 is 0 Å². The third-order valence-corrected chi connectivity index (χ3v) is 4.54. The van der Waals surface area contributed by atoms with E-state index in [-0.39, 0.29) is 0 Å². The molecule has 1 unspecified atom stereocenters. The van der Waals surface area contributed by atoms with Crippen molar-refractivity contribution in [2.45, 2.75) is 45.6 Å². The molecular weight excluding hydrogens is 274 g/mol. The molecule has 1 atom stereocenters. The zero-order chi connectivity index (χ0) is 15.2. The average Bonchev–Trinajstić information content (AvgIpc) is 2.81. The van der Waals surface area contributed by atoms with Gasteiger partial charge < -0.3 is 5.32 Å². The molecule has 0 spiro atoms. The maximum Gasteiger partial charge on any atom is 0.179 e. The molecule has 2 heterocycles. The number of rotatable bonds is 5. The van der Waals surface area contributed by atoms with Crippen LogP contribution in [0.25, 0.3) is 0 Å². The summed E-state index contributed by atoms with van der Waals surface area (Å²) in [4.78, 5) is 1.77. The Bertz CT molecular complexity index is 584. The molecular formula is C17H25N5. The van der Waals surface area contributed by atoms with Gasteiger partial charge in [0.25, 0.3) is 0 Å². The molecule has 1 aliphatic rings. The van der Waals surface area contributed by atoms with E-state index in [1.54, 1.807) is 4.80 Å². The minimum atomic E-state index is 0.764. The number of benzene rings is 1. The van der Waals surface area contributed by atoms with Crippen molar-refractivity contribution in [3.05, 3.63) is 41.2 Å². The molecule has 5 nitrogen and oxygen atoms in total. The molecule has 1 fully saturated rings. The van der Waals surface area contributed by atoms with Gasteiger partial charge in [-0.15, -0.1) is 10.2 Å². The van der Waals surface area contributed by atoms with Gasteiger partial charge in [0.2, 0.25) is 0 Å². The molecule has 1 saturated heterocycles. The largest absolute Gasteiger partial charge is 0.317 e. The molecule has 22 heavy (non-hydrogen) atoms. The lowest BCUT2D eigenvalue weighted by molar-refractivity contribution is 0.375. The second-order valence-corrected chi connectivity index (χ2v) is 6.24. The Hall–Kier alpha value is -1.75. The highest BCUT2D eigenvalue weighted by atomic mass is 15.6. The van der Waals surface area contributed by atoms with Crippen molar-refractivity contribution in [1.29, 1.82) is 0 Å². The predicted molar refractivity (Wildman–Crippen MR) is 86.6 cm³/mol. The average molecular weight is 299 g/mol. The Kier molecular flexibility index (Phi) is 5.16. The molecule has 1 aliphatic heterocycles. The van der Waals surface area contributed by atoms with E-state index in [9.17, 15) is 0 Å². The van der Waals surface area contributed by atoms with Crippen LogP contribution in [0.15, 0.2) is 24.3 Å². The number of hydrogen-bond donors (Lipinski definition) is 1. The van der Waals surface area contributed by atoms with E-state index in [0.717, 1.165) is 37.7 Å². The summed E-state index contributed by atoms with van der Waals surface area (Å²) in [6.07, 6.45) is 5.79. The summed E-state index contributed by atoms with van der Waals surface area (Å²) in [6.45, 7) is 5.32. The lowest BCUT2D eigenvalue weighted by atomic mass is 9.97. The van der Waals surface area contributed by atoms with E-state index in [0.29, 0.717) is 0 Å². The third kappa shape index (κ3) is 4.13. The van der Waals surface area contributed by atoms with Gasteiger partial charge in [0.1, 0.15) is 0 Å². The summed E-state index contributed by atoms with van der Waals surface area (Å²) in [5.74, 6) is 1.61. The quantitative estimate of drug-likeness (QED) is 0.921. The standard InChI is InChI=1S/C17H25N5/c1-14-5-2-3-7-16(14)13-17-19-21-22(20-17)12-9-15-6-4-10-18-11-8-15/h2-3,5,7,15,18H,4,6,8-13H2,1H3. The molecule has 1 aromatic carbocycles. The summed E-state index contributed by atoms with van der Waals surface area (Å²) in [5.41, 5.74) is 2.56. The Morgan fingerprint density at radius 3 is 3.05 bits per heavy atom. The van der Waals surface area contributed by atoms with E-state index in [2.05, 4.69) is 51.9 Å². The maximum absolute atomic E-state index is 4.53. The maximum atomic E-state index is 4.53. The van der Waals surface area contributed by atoms with Crippen LogP contribution in [0.1, 0.15) is 42.6 Å². The summed E-state index contributed by atoms with van der Waals surface area (Å²) in [6, 6.07) is 8.38. The van der Waals surface area contributed by atoms with Crippen LogP contribution < -0.4 is 5.32 Å². The minimum absolute atomic E-state index is 0.764. The van der Waals surface area contributed by atoms with Crippen molar-refractivity contribution in [1.82, 2.24) is 25.5 Å². The van der Waals surface area contributed by atoms with Crippen molar-refractivity contribution >= 4 is 0 Å². The van der Waals surface area contributed by atoms with Gasteiger partial charge in [0, 0.05) is 6.42 Å². The first-order chi connectivity index (χ1) is 10.8. The summed E-state index contributed by atoms with van der Waals surface area (Å²) >= 11 is 0. The van der Waals surface area contributed by atoms with Crippen molar-refractivity contribution in [2.75, 3.05) is 13.1 Å². The van der Waals surface area contributed by atoms with Crippen LogP contribution in [0, 0.1) is 12.8 Å². The highest BCUT2D eigenvalue weighted by Crippen LogP contribution is 2.18. The van der Waals surface area contributed by atoms with Crippen LogP contribution in [-0.4, -0.2) is 33.3 Å². The van der Waals surface area contributed by atoms with E-state index in [4.69, 9.17) is 0 Å². The van der Waals surface area contributed by atoms with Gasteiger partial charge in [-0.2, -0.15) is 4.80 Å². The van der Waals surface area contributed by atoms with Crippen molar-refractivity contribution in [2.24, 2.45) is 5.92 Å². The molecule has 0 saturated carbocycles. The van der Waals surface area contributed by atoms with E-state index in [1.165, 1.54) is 36.9 Å². The summed E-state index contributed by atoms with van der Waals surface area (Å²) in [7, 11) is 0. The van der Waals surface area contributed by atoms with Crippen molar-refractivity contribution in [3.63, 3.8) is 0 Å². The van der Waals surface area contributed by atoms with Crippen molar-refractivity contribution in [3.8, 4) is 0 Å². The Balaban J connectivity index is 1.53. The van der Waals surface area contributed by atoms with Gasteiger partial charge in [0.15, 0.2) is 5.82 Å². The normalized spacial score (nSPS) is 19.0. The van der Waals surface area contributed by atoms with Gasteiger partial charge >= 0.3 is 0 Å². The third-order valence-electron chi connectivity index (χ3n) is 4.54. The van der Waals surface area contributed by atoms with Crippen LogP contribution in [0.4, 0.5) is 0 Å². The molecule has 5 heteroatoms. The number of nitrogens with zero attached hydrogens (tertiary/aromatic N) is 4. The van der Waals surface area contributed by atoms with E-state index < -0.39 is 0 Å². The molecule has 2 aromatic rings. The molecule has 1 N–H and O–H groups in total. The highest BCUT2D eigenvalue weighted by Gasteiger charge is 2.13. The first-order valence-corrected chi connectivity index (χ1v) is 8.33. The second-order valence-electron chi connectivity index (χ2n) is 6.24. The van der Waals surface area contributed by atoms with Crippen LogP contribution in [0.3, 0.4) is 0 Å². The monoisotopic (exact) mass is 299 g/mol. The number of aryl methyl sites for hydroxylation is 2. The topological polar surface area (TPSA) is 55.6 Å². The number of nitrogens with one attached hydrogen (secondary N) is 1. The van der Waals surface area contributed by atoms with Gasteiger partial charge in [-0.25, -0.2) is 0 Å². The first-order valence-electron chi connectivity index (χ1n) is 8.33. The van der Waals surface area contributed by atoms with Crippen LogP contribution >= 0.6 is 0 Å². The Labute approximate surface area is 132 Å². The van der Waals surface area contributed by atoms with Gasteiger partial charge in [-0.1, -0.05) is 24.3 Å². The molecule has 0 bridgehead atoms. The molecule has 0 aliphatic carbocycles. The molecule has 0 radical (unpaired) electrons. The number of aromatic nitrogens is 4. The smallest absolute Gasteiger partial charge is 0.179 e. The molecule has 1 aromatic heterocycles. The minimum Gasteiger partial charge on any atom is -0.317 e. The lowest BCUT2D eigenvalue weighted by Crippen LogP contribution is -2.14. The van der Waals surface area contributed by atoms with E-state index in [1.807, 2.05) is 0 Å². The SMILES string of the molecule is Cc1ccccc1Cc1nnn(CCC2CCCNCC2)n1. The highest BCUT2D eigenvalue weighted by molar-refractivity contribution is 5.27. The van der Waals surface area contributed by atoms with Gasteiger partial charge in [-0.05, 0) is 68.0 Å². The number of tetrazole rings is 1. The van der Waals surface area contributed by atoms with Crippen LogP contribution in [0.5, 0.6) is 0 Å².